The van der Waals surface area contributed by atoms with Gasteiger partial charge >= 0.3 is 0 Å². The molecule has 0 bridgehead atoms. The summed E-state index contributed by atoms with van der Waals surface area (Å²) in [7, 11) is 3.49. The van der Waals surface area contributed by atoms with E-state index in [0.717, 1.165) is 24.2 Å². The van der Waals surface area contributed by atoms with Crippen molar-refractivity contribution in [2.75, 3.05) is 27.4 Å². The zero-order valence-corrected chi connectivity index (χ0v) is 19.3. The second-order valence-corrected chi connectivity index (χ2v) is 9.30. The van der Waals surface area contributed by atoms with Crippen LogP contribution in [0.5, 0.6) is 23.0 Å². The number of aliphatic hydroxyl groups is 2. The summed E-state index contributed by atoms with van der Waals surface area (Å²) in [6.07, 6.45) is 3.21. The second kappa shape index (κ2) is 9.41. The molecule has 0 radical (unpaired) electrons. The molecule has 178 valence electrons. The predicted octanol–water partition coefficient (Wildman–Crippen LogP) is 3.52. The third-order valence-electron chi connectivity index (χ3n) is 7.23. The number of methoxy groups -OCH3 is 1. The van der Waals surface area contributed by atoms with Gasteiger partial charge in [0.25, 0.3) is 0 Å². The second-order valence-electron chi connectivity index (χ2n) is 9.30. The van der Waals surface area contributed by atoms with Crippen LogP contribution in [0.15, 0.2) is 30.3 Å². The van der Waals surface area contributed by atoms with Gasteiger partial charge in [0, 0.05) is 35.1 Å². The van der Waals surface area contributed by atoms with Crippen LogP contribution in [0.25, 0.3) is 0 Å². The summed E-state index contributed by atoms with van der Waals surface area (Å²) in [4.78, 5) is 0. The number of hydrogen-bond donors (Lipinski definition) is 3. The highest BCUT2D eigenvalue weighted by Crippen LogP contribution is 2.48. The lowest BCUT2D eigenvalue weighted by Crippen LogP contribution is -2.40. The van der Waals surface area contributed by atoms with Crippen molar-refractivity contribution in [3.05, 3.63) is 47.0 Å². The van der Waals surface area contributed by atoms with E-state index in [2.05, 4.69) is 5.32 Å². The Balaban J connectivity index is 1.37. The van der Waals surface area contributed by atoms with Gasteiger partial charge in [-0.3, -0.25) is 0 Å². The monoisotopic (exact) mass is 455 g/mol. The molecule has 5 rings (SSSR count). The Morgan fingerprint density at radius 2 is 1.61 bits per heavy atom. The van der Waals surface area contributed by atoms with E-state index >= 15 is 0 Å². The molecule has 2 heterocycles. The van der Waals surface area contributed by atoms with Gasteiger partial charge in [-0.15, -0.1) is 0 Å². The first-order valence-corrected chi connectivity index (χ1v) is 11.9. The van der Waals surface area contributed by atoms with Gasteiger partial charge in [-0.25, -0.2) is 0 Å². The SMILES string of the molecule is CNCc1cc2c(cc1OC)C(O)C(C1COc3ccc(OC4CCCC4)cc3C1O)CO2. The molecule has 1 fully saturated rings. The van der Waals surface area contributed by atoms with Crippen LogP contribution in [-0.4, -0.2) is 43.7 Å². The van der Waals surface area contributed by atoms with Gasteiger partial charge in [-0.2, -0.15) is 0 Å². The molecule has 33 heavy (non-hydrogen) atoms. The van der Waals surface area contributed by atoms with Crippen LogP contribution in [0.3, 0.4) is 0 Å². The molecule has 4 atom stereocenters. The highest BCUT2D eigenvalue weighted by molar-refractivity contribution is 5.49. The van der Waals surface area contributed by atoms with E-state index in [1.807, 2.05) is 37.4 Å². The molecule has 3 N–H and O–H groups in total. The molecule has 0 saturated heterocycles. The first-order valence-electron chi connectivity index (χ1n) is 11.9. The standard InChI is InChI=1S/C26H33NO6/c1-27-12-15-9-24-19(11-23(15)30-2)26(29)21(14-32-24)20-13-31-22-8-7-17(10-18(22)25(20)28)33-16-5-3-4-6-16/h7-11,16,20-21,25-29H,3-6,12-14H2,1-2H3. The molecule has 1 saturated carbocycles. The van der Waals surface area contributed by atoms with Crippen molar-refractivity contribution < 1.29 is 29.2 Å². The Kier molecular flexibility index (Phi) is 6.36. The fraction of sp³-hybridized carbons (Fsp3) is 0.538. The Labute approximate surface area is 194 Å². The lowest BCUT2D eigenvalue weighted by Gasteiger charge is -2.40. The first kappa shape index (κ1) is 22.3. The van der Waals surface area contributed by atoms with Crippen molar-refractivity contribution in [1.29, 1.82) is 0 Å². The summed E-state index contributed by atoms with van der Waals surface area (Å²) in [6, 6.07) is 9.43. The molecular weight excluding hydrogens is 422 g/mol. The van der Waals surface area contributed by atoms with Crippen LogP contribution in [0, 0.1) is 11.8 Å². The number of nitrogens with one attached hydrogen (secondary N) is 1. The van der Waals surface area contributed by atoms with E-state index in [0.29, 0.717) is 48.1 Å². The van der Waals surface area contributed by atoms with Gasteiger partial charge < -0.3 is 34.5 Å². The number of rotatable bonds is 6. The van der Waals surface area contributed by atoms with E-state index in [1.165, 1.54) is 12.8 Å². The molecule has 1 aliphatic carbocycles. The number of aliphatic hydroxyl groups excluding tert-OH is 2. The Bertz CT molecular complexity index is 989. The molecule has 7 nitrogen and oxygen atoms in total. The smallest absolute Gasteiger partial charge is 0.125 e. The van der Waals surface area contributed by atoms with Crippen LogP contribution in [0.2, 0.25) is 0 Å². The number of benzene rings is 2. The van der Waals surface area contributed by atoms with Crippen molar-refractivity contribution in [2.24, 2.45) is 11.8 Å². The van der Waals surface area contributed by atoms with Gasteiger partial charge in [-0.1, -0.05) is 0 Å². The molecule has 2 aromatic rings. The quantitative estimate of drug-likeness (QED) is 0.614. The summed E-state index contributed by atoms with van der Waals surface area (Å²) >= 11 is 0. The normalized spacial score (nSPS) is 26.7. The average Bonchev–Trinajstić information content (AvgIpc) is 3.33. The molecule has 0 amide bonds. The predicted molar refractivity (Wildman–Crippen MR) is 123 cm³/mol. The Hall–Kier alpha value is -2.48. The third kappa shape index (κ3) is 4.25. The average molecular weight is 456 g/mol. The minimum Gasteiger partial charge on any atom is -0.496 e. The number of ether oxygens (including phenoxy) is 4. The van der Waals surface area contributed by atoms with Crippen molar-refractivity contribution >= 4 is 0 Å². The topological polar surface area (TPSA) is 89.4 Å². The summed E-state index contributed by atoms with van der Waals surface area (Å²) in [5, 5.41) is 25.7. The van der Waals surface area contributed by atoms with E-state index in [4.69, 9.17) is 18.9 Å². The van der Waals surface area contributed by atoms with Gasteiger partial charge in [0.05, 0.1) is 38.6 Å². The van der Waals surface area contributed by atoms with Crippen LogP contribution < -0.4 is 24.3 Å². The first-order chi connectivity index (χ1) is 16.1. The summed E-state index contributed by atoms with van der Waals surface area (Å²) in [5.74, 6) is 2.15. The van der Waals surface area contributed by atoms with E-state index in [1.54, 1.807) is 7.11 Å². The lowest BCUT2D eigenvalue weighted by atomic mass is 9.77. The molecule has 7 heteroatoms. The molecule has 4 unspecified atom stereocenters. The van der Waals surface area contributed by atoms with E-state index < -0.39 is 12.2 Å². The van der Waals surface area contributed by atoms with Crippen LogP contribution in [-0.2, 0) is 6.54 Å². The largest absolute Gasteiger partial charge is 0.496 e. The highest BCUT2D eigenvalue weighted by Gasteiger charge is 2.42. The molecule has 2 aliphatic heterocycles. The summed E-state index contributed by atoms with van der Waals surface area (Å²) < 4.78 is 23.7. The van der Waals surface area contributed by atoms with E-state index in [9.17, 15) is 10.2 Å². The lowest BCUT2D eigenvalue weighted by molar-refractivity contribution is -0.0553. The highest BCUT2D eigenvalue weighted by atomic mass is 16.5. The zero-order chi connectivity index (χ0) is 22.9. The maximum Gasteiger partial charge on any atom is 0.125 e. The van der Waals surface area contributed by atoms with Crippen LogP contribution >= 0.6 is 0 Å². The summed E-state index contributed by atoms with van der Waals surface area (Å²) in [6.45, 7) is 1.25. The summed E-state index contributed by atoms with van der Waals surface area (Å²) in [5.41, 5.74) is 2.36. The molecule has 0 spiro atoms. The van der Waals surface area contributed by atoms with Gasteiger partial charge in [-0.05, 0) is 63.1 Å². The zero-order valence-electron chi connectivity index (χ0n) is 19.3. The molecular formula is C26H33NO6. The van der Waals surface area contributed by atoms with E-state index in [-0.39, 0.29) is 17.9 Å². The van der Waals surface area contributed by atoms with Crippen molar-refractivity contribution in [1.82, 2.24) is 5.32 Å². The van der Waals surface area contributed by atoms with Gasteiger partial charge in [0.15, 0.2) is 0 Å². The maximum atomic E-state index is 11.3. The Morgan fingerprint density at radius 3 is 2.27 bits per heavy atom. The molecule has 3 aliphatic rings. The van der Waals surface area contributed by atoms with Gasteiger partial charge in [0.2, 0.25) is 0 Å². The Morgan fingerprint density at radius 1 is 0.939 bits per heavy atom. The van der Waals surface area contributed by atoms with Gasteiger partial charge in [0.1, 0.15) is 23.0 Å². The van der Waals surface area contributed by atoms with Crippen molar-refractivity contribution in [3.8, 4) is 23.0 Å². The number of hydrogen-bond acceptors (Lipinski definition) is 7. The minimum atomic E-state index is -0.797. The van der Waals surface area contributed by atoms with Crippen molar-refractivity contribution in [2.45, 2.75) is 50.5 Å². The maximum absolute atomic E-state index is 11.3. The minimum absolute atomic E-state index is 0.244. The third-order valence-corrected chi connectivity index (χ3v) is 7.23. The fourth-order valence-electron chi connectivity index (χ4n) is 5.38. The molecule has 0 aromatic heterocycles. The van der Waals surface area contributed by atoms with Crippen LogP contribution in [0.1, 0.15) is 54.6 Å². The fourth-order valence-corrected chi connectivity index (χ4v) is 5.38. The van der Waals surface area contributed by atoms with Crippen LogP contribution in [0.4, 0.5) is 0 Å². The molecule has 2 aromatic carbocycles. The number of fused-ring (bicyclic) bond motifs is 2. The van der Waals surface area contributed by atoms with Crippen molar-refractivity contribution in [3.63, 3.8) is 0 Å².